The summed E-state index contributed by atoms with van der Waals surface area (Å²) in [5, 5.41) is 52.5. The van der Waals surface area contributed by atoms with E-state index in [9.17, 15) is 33.4 Å². The van der Waals surface area contributed by atoms with Gasteiger partial charge < -0.3 is 51.2 Å². The minimum absolute atomic E-state index is 0. The van der Waals surface area contributed by atoms with Gasteiger partial charge in [0.25, 0.3) is 0 Å². The van der Waals surface area contributed by atoms with E-state index in [0.717, 1.165) is 86.7 Å². The van der Waals surface area contributed by atoms with Crippen molar-refractivity contribution in [1.82, 2.24) is 5.32 Å². The van der Waals surface area contributed by atoms with Gasteiger partial charge in [0.05, 0.1) is 33.2 Å². The summed E-state index contributed by atoms with van der Waals surface area (Å²) >= 11 is 0. The number of nitrogens with two attached hydrogens (primary N) is 2. The van der Waals surface area contributed by atoms with Crippen molar-refractivity contribution >= 4 is 26.9 Å². The second kappa shape index (κ2) is 26.9. The number of hydrogen-bond donors (Lipinski definition) is 7. The maximum Gasteiger partial charge on any atom is 1.00 e. The summed E-state index contributed by atoms with van der Waals surface area (Å²) in [6, 6.07) is 51.1. The van der Waals surface area contributed by atoms with E-state index in [4.69, 9.17) is 25.9 Å². The van der Waals surface area contributed by atoms with E-state index in [1.807, 2.05) is 37.4 Å². The molecule has 0 unspecified atom stereocenters. The molecule has 17 rings (SSSR count). The van der Waals surface area contributed by atoms with E-state index in [1.54, 1.807) is 12.1 Å². The largest absolute Gasteiger partial charge is 1.00 e. The molecule has 2 saturated carbocycles. The van der Waals surface area contributed by atoms with Crippen molar-refractivity contribution in [1.29, 1.82) is 0 Å². The van der Waals surface area contributed by atoms with Crippen LogP contribution in [0.1, 0.15) is 156 Å². The fraction of sp³-hybridized carbons (Fsp3) is 0.420. The van der Waals surface area contributed by atoms with E-state index in [-0.39, 0.29) is 108 Å². The third kappa shape index (κ3) is 12.3. The first-order chi connectivity index (χ1) is 46.0. The Morgan fingerprint density at radius 1 is 0.823 bits per heavy atom. The van der Waals surface area contributed by atoms with E-state index in [0.29, 0.717) is 68.2 Å². The molecule has 96 heavy (non-hydrogen) atoms. The molecule has 0 spiro atoms. The number of allylic oxidation sites excluding steroid dienone is 2. The van der Waals surface area contributed by atoms with Crippen LogP contribution < -0.4 is 51.1 Å². The third-order valence-electron chi connectivity index (χ3n) is 23.9. The Balaban J connectivity index is 0.00000792. The van der Waals surface area contributed by atoms with Gasteiger partial charge in [0.15, 0.2) is 5.96 Å². The first kappa shape index (κ1) is 66.6. The van der Waals surface area contributed by atoms with E-state index >= 15 is 0 Å². The predicted octanol–water partition coefficient (Wildman–Crippen LogP) is 9.57. The molecule has 14 bridgehead atoms. The molecule has 1 saturated heterocycles. The number of aliphatic hydroxyl groups is 3. The number of aromatic hydroxyl groups is 1. The average Bonchev–Trinajstić information content (AvgIpc) is 0.735. The van der Waals surface area contributed by atoms with Gasteiger partial charge in [0.2, 0.25) is 5.72 Å². The van der Waals surface area contributed by atoms with Crippen LogP contribution in [0.15, 0.2) is 180 Å². The number of ether oxygens (including phenoxy) is 2. The minimum atomic E-state index is -4.99. The van der Waals surface area contributed by atoms with Crippen LogP contribution in [0, 0.1) is 65.1 Å². The first-order valence-electron chi connectivity index (χ1n) is 34.6. The Morgan fingerprint density at radius 2 is 1.59 bits per heavy atom. The molecule has 18 atom stereocenters. The Kier molecular flexibility index (Phi) is 18.7. The maximum absolute atomic E-state index is 14.7. The van der Waals surface area contributed by atoms with Crippen LogP contribution in [-0.2, 0) is 46.4 Å². The number of benzene rings is 7. The quantitative estimate of drug-likeness (QED) is 0.0151. The Morgan fingerprint density at radius 3 is 2.36 bits per heavy atom. The Hall–Kier alpha value is -6.58. The third-order valence-corrected chi connectivity index (χ3v) is 25.1. The Bertz CT molecular complexity index is 4320. The van der Waals surface area contributed by atoms with Crippen LogP contribution in [0.2, 0.25) is 0 Å². The van der Waals surface area contributed by atoms with Gasteiger partial charge in [-0.25, -0.2) is 13.4 Å². The smallest absolute Gasteiger partial charge is 0.748 e. The fourth-order valence-electron chi connectivity index (χ4n) is 19.6. The summed E-state index contributed by atoms with van der Waals surface area (Å²) < 4.78 is 58.7. The molecule has 5 heterocycles. The van der Waals surface area contributed by atoms with Gasteiger partial charge in [-0.2, -0.15) is 0 Å². The van der Waals surface area contributed by atoms with Gasteiger partial charge in [-0.05, 0) is 216 Å². The van der Waals surface area contributed by atoms with Crippen LogP contribution in [0.5, 0.6) is 11.5 Å². The van der Waals surface area contributed by atoms with Crippen LogP contribution in [0.4, 0.5) is 0 Å². The molecule has 5 aliphatic heterocycles. The molecule has 10 aliphatic rings. The van der Waals surface area contributed by atoms with Gasteiger partial charge in [-0.1, -0.05) is 158 Å². The zero-order chi connectivity index (χ0) is 65.5. The number of aryl methyl sites for hydroxylation is 1. The average molecular weight is 1320 g/mol. The molecule has 7 aromatic rings. The van der Waals surface area contributed by atoms with Crippen molar-refractivity contribution in [2.45, 2.75) is 143 Å². The van der Waals surface area contributed by atoms with E-state index in [2.05, 4.69) is 152 Å². The topological polar surface area (TPSA) is 233 Å². The minimum Gasteiger partial charge on any atom is -0.748 e. The van der Waals surface area contributed by atoms with Crippen molar-refractivity contribution in [3.8, 4) is 23.3 Å². The number of phenolic OH excluding ortho intramolecular Hbond substituents is 1. The van der Waals surface area contributed by atoms with Crippen LogP contribution in [0.3, 0.4) is 0 Å². The number of rotatable bonds is 12. The van der Waals surface area contributed by atoms with Crippen molar-refractivity contribution in [3.05, 3.63) is 237 Å². The molecule has 9 N–H and O–H groups in total. The number of nitrogens with one attached hydrogen (secondary N) is 1. The second-order valence-electron chi connectivity index (χ2n) is 29.2. The number of aliphatic hydroxyl groups excluding tert-OH is 2. The molecular formula is C81H87N4NaO9S. The zero-order valence-electron chi connectivity index (χ0n) is 55.1. The summed E-state index contributed by atoms with van der Waals surface area (Å²) in [5.41, 5.74) is 21.8. The normalized spacial score (nSPS) is 32.0. The summed E-state index contributed by atoms with van der Waals surface area (Å²) in [6.07, 6.45) is 11.7. The van der Waals surface area contributed by atoms with Crippen molar-refractivity contribution in [2.75, 3.05) is 13.7 Å². The van der Waals surface area contributed by atoms with Crippen molar-refractivity contribution in [2.24, 2.45) is 69.7 Å². The second-order valence-corrected chi connectivity index (χ2v) is 30.8. The Labute approximate surface area is 587 Å². The molecule has 0 amide bonds. The summed E-state index contributed by atoms with van der Waals surface area (Å²) in [6.45, 7) is 2.80. The van der Waals surface area contributed by atoms with Crippen LogP contribution in [0.25, 0.3) is 10.8 Å². The van der Waals surface area contributed by atoms with Crippen molar-refractivity contribution in [3.63, 3.8) is 0 Å². The van der Waals surface area contributed by atoms with Gasteiger partial charge in [0.1, 0.15) is 17.6 Å². The molecule has 5 aliphatic carbocycles. The molecule has 492 valence electrons. The molecule has 0 aromatic heterocycles. The zero-order valence-corrected chi connectivity index (χ0v) is 58.0. The number of phenols is 1. The van der Waals surface area contributed by atoms with Crippen LogP contribution >= 0.6 is 0 Å². The van der Waals surface area contributed by atoms with E-state index in [1.165, 1.54) is 5.56 Å². The molecule has 7 aromatic carbocycles. The van der Waals surface area contributed by atoms with Crippen LogP contribution in [-0.4, -0.2) is 70.0 Å². The van der Waals surface area contributed by atoms with Gasteiger partial charge in [-0.15, -0.1) is 0 Å². The molecule has 0 radical (unpaired) electrons. The summed E-state index contributed by atoms with van der Waals surface area (Å²) in [7, 11) is -3.04. The molecule has 3 fully saturated rings. The fourth-order valence-corrected chi connectivity index (χ4v) is 20.7. The number of nitrogens with zero attached hydrogens (tertiary/aromatic N) is 1. The number of guanidine groups is 1. The molecule has 13 nitrogen and oxygen atoms in total. The molecular weight excluding hydrogens is 1230 g/mol. The number of fused-ring (bicyclic) bond motifs is 9. The van der Waals surface area contributed by atoms with Gasteiger partial charge in [-0.3, -0.25) is 0 Å². The maximum atomic E-state index is 14.7. The standard InChI is InChI=1S/C81H88N4O9S.Na/c1-47-15-16-56-39-63-27-29-66(56)69(47)44-76(95(90,91)92)70-41-60-37-59(40-64-35-49(46-86)11-8-13-55-38-62(87)26-28-68(55)78(60)93-64)77(70)53-21-24-61(25-22-53)81(94-63,85-79(82)83)74-42-57-23-31-72-67(30-32-71(57)80(72,89)73(74)36-48-9-4-3-5-10-48)51-17-19-52(20-18-51)75(88)43-58-34-50(45-84-2)33-54-12-6-7-14-65(54)58;/h3-7,9-10,12,14,17-29,31,33-34,38-39,41,47,49,57,59,64,67,69-78,84,86-89H,11,15-16,30,32,35-37,40,42-46H2,1-2H3,(H4,82,83,85)(H,90,91,92);/q;+1/p-1/t47-,49+,57-,59-,64-,67+,69+,70-,71-,72-,73-,74+,75+,76-,77+,78-,80-,81-;/m1./s1. The van der Waals surface area contributed by atoms with E-state index < -0.39 is 62.6 Å². The van der Waals surface area contributed by atoms with Crippen molar-refractivity contribution < 1.29 is 72.4 Å². The monoisotopic (exact) mass is 1310 g/mol. The van der Waals surface area contributed by atoms with Gasteiger partial charge >= 0.3 is 29.6 Å². The summed E-state index contributed by atoms with van der Waals surface area (Å²) in [4.78, 5) is 5.42. The predicted molar refractivity (Wildman–Crippen MR) is 369 cm³/mol. The molecule has 15 heteroatoms. The van der Waals surface area contributed by atoms with Gasteiger partial charge in [0, 0.05) is 60.4 Å². The number of hydrogen-bond acceptors (Lipinski definition) is 11. The first-order valence-corrected chi connectivity index (χ1v) is 36.1. The number of aliphatic imine (C=N–C) groups is 1. The summed E-state index contributed by atoms with van der Waals surface area (Å²) in [5.74, 6) is 3.57. The SMILES string of the molecule is CNCc1cc(C[C@H](O)c2ccc([C@@H]3CC[C@@H]4[C@@H]5C=C[C@H]3[C@@]4(O)[C@H](Cc3ccccc3)[C@@H]([C@]3(N=C(N)N)Oc4ccc6c(c4)CC[C@@H](C)[C@@H]6C[C@@H](S(=O)(=O)[O-])[C@H]4C=C6C[C@H](C[C@H]7C[C@@H](CO)CC#Cc8cc(O)ccc8[C@@H]6O7)[C@@H]4c4ccc3cc4)C5)cc2)c2ccccc2c1.[Na+].